The van der Waals surface area contributed by atoms with E-state index in [4.69, 9.17) is 9.84 Å². The first-order valence-electron chi connectivity index (χ1n) is 6.33. The molecule has 0 saturated heterocycles. The average Bonchev–Trinajstić information content (AvgIpc) is 2.40. The topological polar surface area (TPSA) is 66.8 Å². The van der Waals surface area contributed by atoms with E-state index in [9.17, 15) is 9.59 Å². The Morgan fingerprint density at radius 1 is 1.25 bits per heavy atom. The van der Waals surface area contributed by atoms with Crippen LogP contribution in [0.1, 0.15) is 19.3 Å². The second-order valence-electron chi connectivity index (χ2n) is 4.36. The molecule has 0 aliphatic carbocycles. The summed E-state index contributed by atoms with van der Waals surface area (Å²) in [6.45, 7) is 0.757. The lowest BCUT2D eigenvalue weighted by atomic mass is 10.3. The van der Waals surface area contributed by atoms with Gasteiger partial charge in [-0.3, -0.25) is 9.59 Å². The largest absolute Gasteiger partial charge is 0.493 e. The van der Waals surface area contributed by atoms with Crippen molar-refractivity contribution in [1.29, 1.82) is 0 Å². The van der Waals surface area contributed by atoms with E-state index >= 15 is 0 Å². The number of nitrogens with zero attached hydrogens (tertiary/aromatic N) is 1. The highest BCUT2D eigenvalue weighted by Crippen LogP contribution is 2.16. The van der Waals surface area contributed by atoms with Crippen molar-refractivity contribution in [3.63, 3.8) is 0 Å². The van der Waals surface area contributed by atoms with Crippen LogP contribution in [0.25, 0.3) is 0 Å². The Hall–Kier alpha value is -1.56. The number of amides is 1. The number of carbonyl (C=O) groups excluding carboxylic acids is 1. The highest BCUT2D eigenvalue weighted by atomic mass is 79.9. The van der Waals surface area contributed by atoms with Crippen molar-refractivity contribution in [3.05, 3.63) is 28.7 Å². The minimum Gasteiger partial charge on any atom is -0.493 e. The van der Waals surface area contributed by atoms with Gasteiger partial charge in [-0.15, -0.1) is 0 Å². The Kier molecular flexibility index (Phi) is 7.08. The number of hydrogen-bond donors (Lipinski definition) is 1. The number of hydrogen-bond acceptors (Lipinski definition) is 3. The van der Waals surface area contributed by atoms with Crippen LogP contribution in [-0.4, -0.2) is 42.1 Å². The van der Waals surface area contributed by atoms with Gasteiger partial charge in [-0.1, -0.05) is 15.9 Å². The van der Waals surface area contributed by atoms with Crippen molar-refractivity contribution in [2.24, 2.45) is 0 Å². The van der Waals surface area contributed by atoms with E-state index in [1.807, 2.05) is 24.3 Å². The van der Waals surface area contributed by atoms with Gasteiger partial charge in [0.05, 0.1) is 13.0 Å². The molecule has 0 aromatic heterocycles. The first-order valence-corrected chi connectivity index (χ1v) is 7.12. The Labute approximate surface area is 126 Å². The molecule has 1 N–H and O–H groups in total. The Morgan fingerprint density at radius 3 is 2.50 bits per heavy atom. The summed E-state index contributed by atoms with van der Waals surface area (Å²) in [5, 5.41) is 8.53. The molecule has 6 heteroatoms. The van der Waals surface area contributed by atoms with Gasteiger partial charge >= 0.3 is 5.97 Å². The van der Waals surface area contributed by atoms with Crippen LogP contribution < -0.4 is 4.74 Å². The van der Waals surface area contributed by atoms with Gasteiger partial charge in [-0.2, -0.15) is 0 Å². The van der Waals surface area contributed by atoms with Crippen molar-refractivity contribution < 1.29 is 19.4 Å². The van der Waals surface area contributed by atoms with E-state index < -0.39 is 5.97 Å². The van der Waals surface area contributed by atoms with Crippen LogP contribution in [-0.2, 0) is 9.59 Å². The average molecular weight is 344 g/mol. The van der Waals surface area contributed by atoms with Crippen LogP contribution in [0.5, 0.6) is 5.75 Å². The molecule has 0 aliphatic heterocycles. The van der Waals surface area contributed by atoms with Crippen molar-refractivity contribution in [2.45, 2.75) is 19.3 Å². The predicted octanol–water partition coefficient (Wildman–Crippen LogP) is 2.54. The van der Waals surface area contributed by atoms with Crippen LogP contribution in [0.4, 0.5) is 0 Å². The Bertz CT molecular complexity index is 447. The molecule has 110 valence electrons. The molecule has 0 aliphatic rings. The number of ether oxygens (including phenoxy) is 1. The fraction of sp³-hybridized carbons (Fsp3) is 0.429. The summed E-state index contributed by atoms with van der Waals surface area (Å²) in [5.74, 6) is -0.175. The molecular formula is C14H18BrNO4. The fourth-order valence-electron chi connectivity index (χ4n) is 1.57. The fourth-order valence-corrected chi connectivity index (χ4v) is 1.83. The van der Waals surface area contributed by atoms with Crippen LogP contribution in [0, 0.1) is 0 Å². The molecule has 5 nitrogen and oxygen atoms in total. The van der Waals surface area contributed by atoms with Crippen molar-refractivity contribution in [1.82, 2.24) is 4.90 Å². The lowest BCUT2D eigenvalue weighted by molar-refractivity contribution is -0.138. The van der Waals surface area contributed by atoms with Gasteiger partial charge in [0.2, 0.25) is 5.91 Å². The first kappa shape index (κ1) is 16.5. The molecule has 1 aromatic rings. The quantitative estimate of drug-likeness (QED) is 0.787. The van der Waals surface area contributed by atoms with E-state index in [0.29, 0.717) is 19.6 Å². The van der Waals surface area contributed by atoms with E-state index in [1.54, 1.807) is 7.05 Å². The van der Waals surface area contributed by atoms with Crippen LogP contribution in [0.2, 0.25) is 0 Å². The van der Waals surface area contributed by atoms with Crippen molar-refractivity contribution in [2.75, 3.05) is 20.2 Å². The molecule has 0 saturated carbocycles. The molecule has 0 bridgehead atoms. The normalized spacial score (nSPS) is 10.1. The minimum atomic E-state index is -0.843. The van der Waals surface area contributed by atoms with Crippen molar-refractivity contribution >= 4 is 27.8 Å². The number of benzene rings is 1. The Balaban J connectivity index is 2.21. The molecule has 0 heterocycles. The number of aliphatic carboxylic acids is 1. The summed E-state index contributed by atoms with van der Waals surface area (Å²) in [7, 11) is 1.67. The zero-order valence-corrected chi connectivity index (χ0v) is 12.9. The molecule has 1 aromatic carbocycles. The second-order valence-corrected chi connectivity index (χ2v) is 5.28. The summed E-state index contributed by atoms with van der Waals surface area (Å²) >= 11 is 3.33. The molecule has 1 amide bonds. The molecule has 0 fully saturated rings. The maximum Gasteiger partial charge on any atom is 0.303 e. The summed E-state index contributed by atoms with van der Waals surface area (Å²) < 4.78 is 6.43. The summed E-state index contributed by atoms with van der Waals surface area (Å²) in [6.07, 6.45) is 0.817. The molecule has 0 spiro atoms. The van der Waals surface area contributed by atoms with Gasteiger partial charge < -0.3 is 14.7 Å². The van der Waals surface area contributed by atoms with E-state index in [2.05, 4.69) is 15.9 Å². The summed E-state index contributed by atoms with van der Waals surface area (Å²) in [6, 6.07) is 7.39. The molecule has 0 atom stereocenters. The van der Waals surface area contributed by atoms with E-state index in [-0.39, 0.29) is 18.7 Å². The maximum atomic E-state index is 11.8. The van der Waals surface area contributed by atoms with Gasteiger partial charge in [0.25, 0.3) is 0 Å². The van der Waals surface area contributed by atoms with Crippen molar-refractivity contribution in [3.8, 4) is 5.75 Å². The van der Waals surface area contributed by atoms with E-state index in [1.165, 1.54) is 4.90 Å². The SMILES string of the molecule is CN(CCCC(=O)O)C(=O)CCOc1ccc(Br)cc1. The summed E-state index contributed by atoms with van der Waals surface area (Å²) in [5.41, 5.74) is 0. The van der Waals surface area contributed by atoms with Gasteiger partial charge in [0.1, 0.15) is 5.75 Å². The summed E-state index contributed by atoms with van der Waals surface area (Å²) in [4.78, 5) is 23.7. The van der Waals surface area contributed by atoms with Crippen LogP contribution in [0.15, 0.2) is 28.7 Å². The molecule has 0 radical (unpaired) electrons. The third kappa shape index (κ3) is 6.56. The third-order valence-electron chi connectivity index (χ3n) is 2.71. The number of carboxylic acid groups (broad SMARTS) is 1. The number of rotatable bonds is 8. The minimum absolute atomic E-state index is 0.0486. The number of carbonyl (C=O) groups is 2. The molecule has 0 unspecified atom stereocenters. The van der Waals surface area contributed by atoms with Crippen LogP contribution in [0.3, 0.4) is 0 Å². The highest BCUT2D eigenvalue weighted by Gasteiger charge is 2.09. The third-order valence-corrected chi connectivity index (χ3v) is 3.24. The highest BCUT2D eigenvalue weighted by molar-refractivity contribution is 9.10. The Morgan fingerprint density at radius 2 is 1.90 bits per heavy atom. The molecular weight excluding hydrogens is 326 g/mol. The van der Waals surface area contributed by atoms with Gasteiger partial charge in [0.15, 0.2) is 0 Å². The monoisotopic (exact) mass is 343 g/mol. The number of halogens is 1. The first-order chi connectivity index (χ1) is 9.49. The zero-order chi connectivity index (χ0) is 15.0. The molecule has 20 heavy (non-hydrogen) atoms. The zero-order valence-electron chi connectivity index (χ0n) is 11.3. The van der Waals surface area contributed by atoms with Crippen LogP contribution >= 0.6 is 15.9 Å². The lowest BCUT2D eigenvalue weighted by Crippen LogP contribution is -2.29. The van der Waals surface area contributed by atoms with Gasteiger partial charge in [-0.25, -0.2) is 0 Å². The molecule has 1 rings (SSSR count). The van der Waals surface area contributed by atoms with Gasteiger partial charge in [0, 0.05) is 24.5 Å². The standard InChI is InChI=1S/C14H18BrNO4/c1-16(9-2-3-14(18)19)13(17)8-10-20-12-6-4-11(15)5-7-12/h4-7H,2-3,8-10H2,1H3,(H,18,19). The van der Waals surface area contributed by atoms with E-state index in [0.717, 1.165) is 10.2 Å². The lowest BCUT2D eigenvalue weighted by Gasteiger charge is -2.16. The predicted molar refractivity (Wildman–Crippen MR) is 78.8 cm³/mol. The smallest absolute Gasteiger partial charge is 0.303 e. The number of carboxylic acids is 1. The second kappa shape index (κ2) is 8.58. The van der Waals surface area contributed by atoms with Gasteiger partial charge in [-0.05, 0) is 30.7 Å². The maximum absolute atomic E-state index is 11.8.